The van der Waals surface area contributed by atoms with Crippen LogP contribution in [0.3, 0.4) is 0 Å². The molecule has 0 bridgehead atoms. The van der Waals surface area contributed by atoms with Crippen molar-refractivity contribution in [1.82, 2.24) is 0 Å². The van der Waals surface area contributed by atoms with Crippen molar-refractivity contribution < 1.29 is 28.0 Å². The Bertz CT molecular complexity index is 452. The van der Waals surface area contributed by atoms with Gasteiger partial charge in [-0.1, -0.05) is 20.3 Å². The number of esters is 1. The Morgan fingerprint density at radius 2 is 1.54 bits per heavy atom. The smallest absolute Gasteiger partial charge is 0.333 e. The molecule has 0 aromatic rings. The summed E-state index contributed by atoms with van der Waals surface area (Å²) in [6.07, 6.45) is 1.10. The molecule has 0 spiro atoms. The maximum atomic E-state index is 12.6. The third-order valence-corrected chi connectivity index (χ3v) is 11.9. The lowest BCUT2D eigenvalue weighted by molar-refractivity contribution is -0.142. The first-order valence-electron chi connectivity index (χ1n) is 9.38. The number of aliphatic hydroxyl groups is 2. The average molecular weight is 423 g/mol. The second kappa shape index (κ2) is 11.5. The summed E-state index contributed by atoms with van der Waals surface area (Å²) in [6.45, 7) is 16.1. The molecular formula is C17H38O6Si3. The number of allylic oxidation sites excluding steroid dienone is 1. The molecule has 26 heavy (non-hydrogen) atoms. The summed E-state index contributed by atoms with van der Waals surface area (Å²) in [7, 11) is -5.91. The molecule has 1 unspecified atom stereocenters. The van der Waals surface area contributed by atoms with Crippen molar-refractivity contribution in [3.63, 3.8) is 0 Å². The Balaban J connectivity index is 5.81. The van der Waals surface area contributed by atoms with Crippen LogP contribution in [0.4, 0.5) is 0 Å². The van der Waals surface area contributed by atoms with E-state index < -0.39 is 44.6 Å². The van der Waals surface area contributed by atoms with Gasteiger partial charge in [-0.25, -0.2) is 4.79 Å². The fourth-order valence-corrected chi connectivity index (χ4v) is 10.3. The minimum atomic E-state index is -2.21. The molecule has 6 nitrogen and oxygen atoms in total. The minimum Gasteiger partial charge on any atom is -0.459 e. The van der Waals surface area contributed by atoms with Crippen molar-refractivity contribution in [2.24, 2.45) is 0 Å². The number of carbonyl (C=O) groups is 1. The maximum absolute atomic E-state index is 12.6. The zero-order chi connectivity index (χ0) is 20.5. The zero-order valence-corrected chi connectivity index (χ0v) is 20.9. The highest BCUT2D eigenvalue weighted by Crippen LogP contribution is 2.25. The van der Waals surface area contributed by atoms with Gasteiger partial charge in [0.15, 0.2) is 16.6 Å². The topological polar surface area (TPSA) is 85.2 Å². The standard InChI is InChI=1S/C17H38O6Si3/c1-9-11-16(15(10-2)17(20)21-13-14(19)12-18)24(22-25(3,4)5)23-26(6,7)8/h14,18-19,24H,9-13H2,1-8H3. The molecule has 0 heterocycles. The van der Waals surface area contributed by atoms with Crippen molar-refractivity contribution in [2.75, 3.05) is 13.2 Å². The molecule has 0 aliphatic rings. The van der Waals surface area contributed by atoms with E-state index >= 15 is 0 Å². The van der Waals surface area contributed by atoms with Gasteiger partial charge in [-0.05, 0) is 57.3 Å². The molecule has 0 radical (unpaired) electrons. The molecule has 154 valence electrons. The van der Waals surface area contributed by atoms with Crippen LogP contribution in [-0.4, -0.2) is 61.4 Å². The molecular weight excluding hydrogens is 384 g/mol. The van der Waals surface area contributed by atoms with E-state index in [2.05, 4.69) is 46.2 Å². The highest BCUT2D eigenvalue weighted by Gasteiger charge is 2.34. The zero-order valence-electron chi connectivity index (χ0n) is 17.7. The highest BCUT2D eigenvalue weighted by molar-refractivity contribution is 6.83. The first kappa shape index (κ1) is 25.7. The number of hydrogen-bond donors (Lipinski definition) is 2. The predicted octanol–water partition coefficient (Wildman–Crippen LogP) is 2.85. The van der Waals surface area contributed by atoms with E-state index in [1.165, 1.54) is 0 Å². The number of carbonyl (C=O) groups excluding carboxylic acids is 1. The van der Waals surface area contributed by atoms with Crippen LogP contribution in [0.1, 0.15) is 33.1 Å². The lowest BCUT2D eigenvalue weighted by atomic mass is 10.1. The molecule has 0 aliphatic heterocycles. The van der Waals surface area contributed by atoms with Crippen molar-refractivity contribution in [1.29, 1.82) is 0 Å². The quantitative estimate of drug-likeness (QED) is 0.286. The van der Waals surface area contributed by atoms with E-state index in [1.807, 2.05) is 6.92 Å². The molecule has 0 saturated heterocycles. The molecule has 2 N–H and O–H groups in total. The van der Waals surface area contributed by atoms with Gasteiger partial charge in [-0.3, -0.25) is 0 Å². The van der Waals surface area contributed by atoms with Gasteiger partial charge in [0.25, 0.3) is 0 Å². The molecule has 0 saturated carbocycles. The first-order valence-corrected chi connectivity index (χ1v) is 17.7. The van der Waals surface area contributed by atoms with E-state index in [-0.39, 0.29) is 6.61 Å². The van der Waals surface area contributed by atoms with Gasteiger partial charge in [-0.2, -0.15) is 0 Å². The van der Waals surface area contributed by atoms with Crippen LogP contribution in [-0.2, 0) is 17.8 Å². The lowest BCUT2D eigenvalue weighted by Gasteiger charge is -2.33. The van der Waals surface area contributed by atoms with Crippen LogP contribution >= 0.6 is 0 Å². The predicted molar refractivity (Wildman–Crippen MR) is 112 cm³/mol. The van der Waals surface area contributed by atoms with Gasteiger partial charge in [0.2, 0.25) is 0 Å². The molecule has 9 heteroatoms. The van der Waals surface area contributed by atoms with Crippen molar-refractivity contribution in [3.8, 4) is 0 Å². The summed E-state index contributed by atoms with van der Waals surface area (Å²) >= 11 is 0. The highest BCUT2D eigenvalue weighted by atomic mass is 28.4. The third-order valence-electron chi connectivity index (χ3n) is 3.33. The van der Waals surface area contributed by atoms with Gasteiger partial charge < -0.3 is 23.2 Å². The number of aliphatic hydroxyl groups excluding tert-OH is 2. The summed E-state index contributed by atoms with van der Waals surface area (Å²) in [5.74, 6) is -0.445. The largest absolute Gasteiger partial charge is 0.459 e. The van der Waals surface area contributed by atoms with Crippen molar-refractivity contribution in [3.05, 3.63) is 10.8 Å². The van der Waals surface area contributed by atoms with Crippen LogP contribution in [0, 0.1) is 0 Å². The van der Waals surface area contributed by atoms with E-state index in [0.717, 1.165) is 18.0 Å². The molecule has 0 amide bonds. The summed E-state index contributed by atoms with van der Waals surface area (Å²) in [4.78, 5) is 12.6. The fourth-order valence-electron chi connectivity index (χ4n) is 2.30. The van der Waals surface area contributed by atoms with Gasteiger partial charge in [0.1, 0.15) is 12.7 Å². The Hall–Kier alpha value is -0.299. The second-order valence-electron chi connectivity index (χ2n) is 8.33. The van der Waals surface area contributed by atoms with Crippen LogP contribution in [0.2, 0.25) is 39.3 Å². The Morgan fingerprint density at radius 3 is 1.88 bits per heavy atom. The normalized spacial score (nSPS) is 15.0. The Morgan fingerprint density at radius 1 is 1.04 bits per heavy atom. The monoisotopic (exact) mass is 422 g/mol. The molecule has 1 atom stereocenters. The van der Waals surface area contributed by atoms with Gasteiger partial charge in [0.05, 0.1) is 6.61 Å². The average Bonchev–Trinajstić information content (AvgIpc) is 2.48. The minimum absolute atomic E-state index is 0.214. The van der Waals surface area contributed by atoms with Gasteiger partial charge >= 0.3 is 15.3 Å². The van der Waals surface area contributed by atoms with Gasteiger partial charge in [0, 0.05) is 5.57 Å². The Labute approximate surface area is 162 Å². The third kappa shape index (κ3) is 10.8. The van der Waals surface area contributed by atoms with Crippen molar-refractivity contribution >= 4 is 31.9 Å². The van der Waals surface area contributed by atoms with E-state index in [9.17, 15) is 9.90 Å². The van der Waals surface area contributed by atoms with E-state index in [0.29, 0.717) is 12.0 Å². The SMILES string of the molecule is CCCC(=C(CC)C(=O)OCC(O)CO)[SiH](O[Si](C)(C)C)O[Si](C)(C)C. The molecule has 0 rings (SSSR count). The molecule has 0 aliphatic carbocycles. The summed E-state index contributed by atoms with van der Waals surface area (Å²) in [5.41, 5.74) is 0.602. The first-order chi connectivity index (χ1) is 11.8. The molecule has 0 fully saturated rings. The van der Waals surface area contributed by atoms with Gasteiger partial charge in [-0.15, -0.1) is 0 Å². The van der Waals surface area contributed by atoms with Crippen LogP contribution in [0.25, 0.3) is 0 Å². The van der Waals surface area contributed by atoms with Crippen LogP contribution < -0.4 is 0 Å². The fraction of sp³-hybridized carbons (Fsp3) is 0.824. The van der Waals surface area contributed by atoms with Crippen LogP contribution in [0.5, 0.6) is 0 Å². The lowest BCUT2D eigenvalue weighted by Crippen LogP contribution is -2.45. The summed E-state index contributed by atoms with van der Waals surface area (Å²) < 4.78 is 18.1. The number of hydrogen-bond acceptors (Lipinski definition) is 6. The van der Waals surface area contributed by atoms with Crippen LogP contribution in [0.15, 0.2) is 10.8 Å². The maximum Gasteiger partial charge on any atom is 0.333 e. The second-order valence-corrected chi connectivity index (χ2v) is 20.0. The van der Waals surface area contributed by atoms with E-state index in [4.69, 9.17) is 18.1 Å². The van der Waals surface area contributed by atoms with E-state index in [1.54, 1.807) is 0 Å². The summed E-state index contributed by atoms with van der Waals surface area (Å²) in [5, 5.41) is 19.3. The number of ether oxygens (including phenoxy) is 1. The Kier molecular flexibility index (Phi) is 11.4. The molecule has 0 aromatic heterocycles. The molecule has 0 aromatic carbocycles. The summed E-state index contributed by atoms with van der Waals surface area (Å²) in [6, 6.07) is 0. The van der Waals surface area contributed by atoms with Crippen molar-refractivity contribution in [2.45, 2.75) is 78.5 Å². The number of rotatable bonds is 12.